The van der Waals surface area contributed by atoms with Crippen LogP contribution >= 0.6 is 0 Å². The summed E-state index contributed by atoms with van der Waals surface area (Å²) in [6.07, 6.45) is 2.91. The lowest BCUT2D eigenvalue weighted by molar-refractivity contribution is -0.148. The third-order valence-electron chi connectivity index (χ3n) is 2.56. The van der Waals surface area contributed by atoms with Gasteiger partial charge in [-0.1, -0.05) is 19.1 Å². The molecule has 1 aromatic rings. The van der Waals surface area contributed by atoms with Gasteiger partial charge in [-0.2, -0.15) is 0 Å². The van der Waals surface area contributed by atoms with Crippen LogP contribution < -0.4 is 0 Å². The number of hydrogen-bond donors (Lipinski definition) is 1. The van der Waals surface area contributed by atoms with Crippen molar-refractivity contribution in [3.63, 3.8) is 0 Å². The lowest BCUT2D eigenvalue weighted by Gasteiger charge is -2.12. The molecule has 3 heteroatoms. The smallest absolute Gasteiger partial charge is 0.306 e. The number of aryl methyl sites for hydroxylation is 1. The normalized spacial score (nSPS) is 12.1. The van der Waals surface area contributed by atoms with E-state index in [1.165, 1.54) is 0 Å². The van der Waals surface area contributed by atoms with Crippen LogP contribution in [0.1, 0.15) is 38.7 Å². The van der Waals surface area contributed by atoms with E-state index in [-0.39, 0.29) is 17.8 Å². The molecular formula is C14H20O3. The number of hydrogen-bond acceptors (Lipinski definition) is 3. The van der Waals surface area contributed by atoms with Crippen LogP contribution in [0.2, 0.25) is 0 Å². The summed E-state index contributed by atoms with van der Waals surface area (Å²) in [5, 5.41) is 9.14. The molecule has 1 N–H and O–H groups in total. The van der Waals surface area contributed by atoms with Crippen molar-refractivity contribution >= 4 is 5.97 Å². The summed E-state index contributed by atoms with van der Waals surface area (Å²) in [5.74, 6) is 0.155. The Morgan fingerprint density at radius 3 is 2.59 bits per heavy atom. The Bertz CT molecular complexity index is 343. The van der Waals surface area contributed by atoms with Crippen LogP contribution in [-0.2, 0) is 16.0 Å². The van der Waals surface area contributed by atoms with Gasteiger partial charge in [-0.3, -0.25) is 4.79 Å². The standard InChI is InChI=1S/C14H20O3/c1-3-4-14(16)17-11(2)5-6-12-7-9-13(15)10-8-12/h7-11,15H,3-6H2,1-2H3. The molecule has 1 unspecified atom stereocenters. The predicted octanol–water partition coefficient (Wildman–Crippen LogP) is 3.06. The quantitative estimate of drug-likeness (QED) is 0.772. The van der Waals surface area contributed by atoms with E-state index in [9.17, 15) is 4.79 Å². The van der Waals surface area contributed by atoms with Crippen LogP contribution in [-0.4, -0.2) is 17.2 Å². The summed E-state index contributed by atoms with van der Waals surface area (Å²) in [6, 6.07) is 7.11. The number of benzene rings is 1. The monoisotopic (exact) mass is 236 g/mol. The van der Waals surface area contributed by atoms with Gasteiger partial charge in [-0.25, -0.2) is 0 Å². The molecule has 94 valence electrons. The Morgan fingerprint density at radius 1 is 1.35 bits per heavy atom. The highest BCUT2D eigenvalue weighted by Crippen LogP contribution is 2.13. The second-order valence-electron chi connectivity index (χ2n) is 4.26. The van der Waals surface area contributed by atoms with Crippen LogP contribution in [0, 0.1) is 0 Å². The molecule has 1 rings (SSSR count). The first kappa shape index (κ1) is 13.6. The second kappa shape index (κ2) is 6.94. The summed E-state index contributed by atoms with van der Waals surface area (Å²) in [5.41, 5.74) is 1.14. The second-order valence-corrected chi connectivity index (χ2v) is 4.26. The van der Waals surface area contributed by atoms with Gasteiger partial charge >= 0.3 is 5.97 Å². The first-order valence-corrected chi connectivity index (χ1v) is 6.09. The SMILES string of the molecule is CCCC(=O)OC(C)CCc1ccc(O)cc1. The maximum absolute atomic E-state index is 11.3. The molecule has 0 saturated carbocycles. The van der Waals surface area contributed by atoms with Crippen molar-refractivity contribution < 1.29 is 14.6 Å². The summed E-state index contributed by atoms with van der Waals surface area (Å²) >= 11 is 0. The molecule has 0 radical (unpaired) electrons. The molecule has 0 aromatic heterocycles. The van der Waals surface area contributed by atoms with Gasteiger partial charge in [0.2, 0.25) is 0 Å². The summed E-state index contributed by atoms with van der Waals surface area (Å²) < 4.78 is 5.25. The maximum atomic E-state index is 11.3. The van der Waals surface area contributed by atoms with Gasteiger partial charge in [0, 0.05) is 6.42 Å². The lowest BCUT2D eigenvalue weighted by atomic mass is 10.1. The van der Waals surface area contributed by atoms with E-state index in [0.29, 0.717) is 6.42 Å². The summed E-state index contributed by atoms with van der Waals surface area (Å²) in [4.78, 5) is 11.3. The van der Waals surface area contributed by atoms with E-state index in [4.69, 9.17) is 9.84 Å². The average Bonchev–Trinajstić information content (AvgIpc) is 2.28. The Hall–Kier alpha value is -1.51. The van der Waals surface area contributed by atoms with Crippen molar-refractivity contribution in [3.8, 4) is 5.75 Å². The van der Waals surface area contributed by atoms with Crippen molar-refractivity contribution in [2.75, 3.05) is 0 Å². The Labute approximate surface area is 102 Å². The van der Waals surface area contributed by atoms with Crippen molar-refractivity contribution in [1.29, 1.82) is 0 Å². The molecule has 0 bridgehead atoms. The molecule has 0 heterocycles. The van der Waals surface area contributed by atoms with Crippen molar-refractivity contribution in [3.05, 3.63) is 29.8 Å². The number of phenols is 1. The number of esters is 1. The first-order valence-electron chi connectivity index (χ1n) is 6.09. The average molecular weight is 236 g/mol. The number of ether oxygens (including phenoxy) is 1. The van der Waals surface area contributed by atoms with Crippen LogP contribution in [0.5, 0.6) is 5.75 Å². The molecule has 1 atom stereocenters. The number of carbonyl (C=O) groups excluding carboxylic acids is 1. The molecule has 0 saturated heterocycles. The van der Waals surface area contributed by atoms with Gasteiger partial charge in [0.15, 0.2) is 0 Å². The van der Waals surface area contributed by atoms with Gasteiger partial charge in [0.1, 0.15) is 5.75 Å². The van der Waals surface area contributed by atoms with E-state index < -0.39 is 0 Å². The third-order valence-corrected chi connectivity index (χ3v) is 2.56. The Kier molecular flexibility index (Phi) is 5.53. The Morgan fingerprint density at radius 2 is 2.00 bits per heavy atom. The molecular weight excluding hydrogens is 216 g/mol. The van der Waals surface area contributed by atoms with E-state index in [0.717, 1.165) is 24.8 Å². The minimum atomic E-state index is -0.120. The minimum Gasteiger partial charge on any atom is -0.508 e. The maximum Gasteiger partial charge on any atom is 0.306 e. The molecule has 3 nitrogen and oxygen atoms in total. The Balaban J connectivity index is 2.30. The fraction of sp³-hybridized carbons (Fsp3) is 0.500. The fourth-order valence-corrected chi connectivity index (χ4v) is 1.58. The number of aromatic hydroxyl groups is 1. The van der Waals surface area contributed by atoms with E-state index >= 15 is 0 Å². The molecule has 0 amide bonds. The molecule has 0 aliphatic carbocycles. The minimum absolute atomic E-state index is 0.0529. The van der Waals surface area contributed by atoms with E-state index in [2.05, 4.69) is 0 Å². The predicted molar refractivity (Wildman–Crippen MR) is 66.9 cm³/mol. The zero-order valence-corrected chi connectivity index (χ0v) is 10.5. The van der Waals surface area contributed by atoms with Gasteiger partial charge < -0.3 is 9.84 Å². The fourth-order valence-electron chi connectivity index (χ4n) is 1.58. The topological polar surface area (TPSA) is 46.5 Å². The first-order chi connectivity index (χ1) is 8.11. The number of carbonyl (C=O) groups is 1. The molecule has 17 heavy (non-hydrogen) atoms. The van der Waals surface area contributed by atoms with Crippen molar-refractivity contribution in [2.24, 2.45) is 0 Å². The van der Waals surface area contributed by atoms with Crippen molar-refractivity contribution in [2.45, 2.75) is 45.6 Å². The highest BCUT2D eigenvalue weighted by molar-refractivity contribution is 5.69. The third kappa shape index (κ3) is 5.38. The summed E-state index contributed by atoms with van der Waals surface area (Å²) in [6.45, 7) is 3.87. The van der Waals surface area contributed by atoms with Gasteiger partial charge in [-0.05, 0) is 43.9 Å². The lowest BCUT2D eigenvalue weighted by Crippen LogP contribution is -2.15. The molecule has 1 aromatic carbocycles. The van der Waals surface area contributed by atoms with Crippen molar-refractivity contribution in [1.82, 2.24) is 0 Å². The van der Waals surface area contributed by atoms with Crippen LogP contribution in [0.25, 0.3) is 0 Å². The van der Waals surface area contributed by atoms with Gasteiger partial charge in [0.05, 0.1) is 6.10 Å². The zero-order chi connectivity index (χ0) is 12.7. The van der Waals surface area contributed by atoms with Gasteiger partial charge in [0.25, 0.3) is 0 Å². The highest BCUT2D eigenvalue weighted by Gasteiger charge is 2.08. The molecule has 0 aliphatic rings. The van der Waals surface area contributed by atoms with Crippen LogP contribution in [0.4, 0.5) is 0 Å². The van der Waals surface area contributed by atoms with E-state index in [1.54, 1.807) is 12.1 Å². The molecule has 0 spiro atoms. The summed E-state index contributed by atoms with van der Waals surface area (Å²) in [7, 11) is 0. The number of phenolic OH excluding ortho intramolecular Hbond substituents is 1. The van der Waals surface area contributed by atoms with Crippen LogP contribution in [0.15, 0.2) is 24.3 Å². The zero-order valence-electron chi connectivity index (χ0n) is 10.5. The van der Waals surface area contributed by atoms with E-state index in [1.807, 2.05) is 26.0 Å². The van der Waals surface area contributed by atoms with Gasteiger partial charge in [-0.15, -0.1) is 0 Å². The largest absolute Gasteiger partial charge is 0.508 e. The number of rotatable bonds is 6. The van der Waals surface area contributed by atoms with Crippen LogP contribution in [0.3, 0.4) is 0 Å². The molecule has 0 aliphatic heterocycles. The highest BCUT2D eigenvalue weighted by atomic mass is 16.5. The molecule has 0 fully saturated rings.